The fraction of sp³-hybridized carbons (Fsp3) is 0.0952. The highest BCUT2D eigenvalue weighted by atomic mass is 32.2. The van der Waals surface area contributed by atoms with Crippen LogP contribution in [0.2, 0.25) is 0 Å². The molecule has 0 heterocycles. The SMILES string of the molecule is Cc1cc(C(=O)Nc2ccccc2Sc2ccccc2)ccc1NS(C)(=O)=O. The second kappa shape index (κ2) is 8.50. The summed E-state index contributed by atoms with van der Waals surface area (Å²) in [5, 5.41) is 2.94. The summed E-state index contributed by atoms with van der Waals surface area (Å²) in [6, 6.07) is 22.4. The predicted molar refractivity (Wildman–Crippen MR) is 115 cm³/mol. The zero-order valence-corrected chi connectivity index (χ0v) is 17.1. The van der Waals surface area contributed by atoms with E-state index < -0.39 is 10.0 Å². The van der Waals surface area contributed by atoms with Crippen LogP contribution in [0.1, 0.15) is 15.9 Å². The van der Waals surface area contributed by atoms with Gasteiger partial charge in [0, 0.05) is 15.4 Å². The first-order valence-electron chi connectivity index (χ1n) is 8.53. The number of carbonyl (C=O) groups is 1. The van der Waals surface area contributed by atoms with Gasteiger partial charge in [0.2, 0.25) is 10.0 Å². The highest BCUT2D eigenvalue weighted by Gasteiger charge is 2.12. The van der Waals surface area contributed by atoms with E-state index in [1.165, 1.54) is 0 Å². The average Bonchev–Trinajstić information content (AvgIpc) is 2.65. The zero-order valence-electron chi connectivity index (χ0n) is 15.5. The number of carbonyl (C=O) groups excluding carboxylic acids is 1. The van der Waals surface area contributed by atoms with Crippen molar-refractivity contribution in [2.75, 3.05) is 16.3 Å². The maximum Gasteiger partial charge on any atom is 0.255 e. The van der Waals surface area contributed by atoms with Crippen molar-refractivity contribution in [2.45, 2.75) is 16.7 Å². The Morgan fingerprint density at radius 1 is 0.893 bits per heavy atom. The third kappa shape index (κ3) is 5.37. The first kappa shape index (κ1) is 20.0. The number of para-hydroxylation sites is 1. The van der Waals surface area contributed by atoms with E-state index in [-0.39, 0.29) is 5.91 Å². The van der Waals surface area contributed by atoms with Crippen molar-refractivity contribution in [3.8, 4) is 0 Å². The molecule has 0 saturated carbocycles. The molecule has 3 aromatic carbocycles. The number of sulfonamides is 1. The molecule has 2 N–H and O–H groups in total. The lowest BCUT2D eigenvalue weighted by Gasteiger charge is -2.12. The van der Waals surface area contributed by atoms with Crippen LogP contribution in [0.5, 0.6) is 0 Å². The van der Waals surface area contributed by atoms with Crippen molar-refractivity contribution in [1.29, 1.82) is 0 Å². The standard InChI is InChI=1S/C21H20N2O3S2/c1-15-14-16(12-13-18(15)23-28(2,25)26)21(24)22-19-10-6-7-11-20(19)27-17-8-4-3-5-9-17/h3-14,23H,1-2H3,(H,22,24). The molecule has 0 bridgehead atoms. The first-order valence-corrected chi connectivity index (χ1v) is 11.2. The number of anilines is 2. The average molecular weight is 413 g/mol. The fourth-order valence-corrected chi connectivity index (χ4v) is 4.14. The molecule has 1 amide bonds. The lowest BCUT2D eigenvalue weighted by atomic mass is 10.1. The quantitative estimate of drug-likeness (QED) is 0.611. The number of hydrogen-bond donors (Lipinski definition) is 2. The van der Waals surface area contributed by atoms with Gasteiger partial charge in [-0.25, -0.2) is 8.42 Å². The van der Waals surface area contributed by atoms with E-state index in [1.807, 2.05) is 54.6 Å². The zero-order chi connectivity index (χ0) is 20.1. The second-order valence-corrected chi connectivity index (χ2v) is 9.13. The smallest absolute Gasteiger partial charge is 0.255 e. The van der Waals surface area contributed by atoms with Crippen molar-refractivity contribution < 1.29 is 13.2 Å². The highest BCUT2D eigenvalue weighted by molar-refractivity contribution is 7.99. The van der Waals surface area contributed by atoms with Crippen molar-refractivity contribution in [1.82, 2.24) is 0 Å². The van der Waals surface area contributed by atoms with Gasteiger partial charge in [-0.3, -0.25) is 9.52 Å². The fourth-order valence-electron chi connectivity index (χ4n) is 2.59. The van der Waals surface area contributed by atoms with Crippen LogP contribution < -0.4 is 10.0 Å². The Morgan fingerprint density at radius 2 is 1.57 bits per heavy atom. The van der Waals surface area contributed by atoms with Gasteiger partial charge in [-0.1, -0.05) is 42.1 Å². The summed E-state index contributed by atoms with van der Waals surface area (Å²) < 4.78 is 25.3. The predicted octanol–water partition coefficient (Wildman–Crippen LogP) is 4.77. The van der Waals surface area contributed by atoms with Crippen LogP contribution in [-0.2, 0) is 10.0 Å². The Morgan fingerprint density at radius 3 is 2.25 bits per heavy atom. The summed E-state index contributed by atoms with van der Waals surface area (Å²) >= 11 is 1.57. The molecule has 0 atom stereocenters. The van der Waals surface area contributed by atoms with E-state index in [0.29, 0.717) is 16.8 Å². The van der Waals surface area contributed by atoms with Gasteiger partial charge in [0.05, 0.1) is 17.6 Å². The van der Waals surface area contributed by atoms with Crippen molar-refractivity contribution >= 4 is 39.1 Å². The van der Waals surface area contributed by atoms with Gasteiger partial charge in [-0.15, -0.1) is 0 Å². The number of hydrogen-bond acceptors (Lipinski definition) is 4. The minimum absolute atomic E-state index is 0.255. The van der Waals surface area contributed by atoms with Gasteiger partial charge < -0.3 is 5.32 Å². The van der Waals surface area contributed by atoms with Crippen LogP contribution in [-0.4, -0.2) is 20.6 Å². The normalized spacial score (nSPS) is 11.1. The molecule has 0 unspecified atom stereocenters. The molecule has 0 radical (unpaired) electrons. The summed E-state index contributed by atoms with van der Waals surface area (Å²) in [4.78, 5) is 14.7. The molecule has 3 rings (SSSR count). The van der Waals surface area contributed by atoms with Crippen LogP contribution in [0.3, 0.4) is 0 Å². The summed E-state index contributed by atoms with van der Waals surface area (Å²) in [6.07, 6.45) is 1.09. The number of rotatable bonds is 6. The topological polar surface area (TPSA) is 75.3 Å². The molecule has 0 aliphatic carbocycles. The number of amides is 1. The van der Waals surface area contributed by atoms with Crippen LogP contribution in [0, 0.1) is 6.92 Å². The number of benzene rings is 3. The molecule has 3 aromatic rings. The summed E-state index contributed by atoms with van der Waals surface area (Å²) in [5.74, 6) is -0.255. The van der Waals surface area contributed by atoms with E-state index in [1.54, 1.807) is 36.9 Å². The summed E-state index contributed by atoms with van der Waals surface area (Å²) in [7, 11) is -3.37. The van der Waals surface area contributed by atoms with Crippen molar-refractivity contribution in [3.05, 3.63) is 83.9 Å². The molecule has 0 aliphatic rings. The second-order valence-electron chi connectivity index (χ2n) is 6.27. The minimum atomic E-state index is -3.37. The number of aryl methyl sites for hydroxylation is 1. The molecular formula is C21H20N2O3S2. The molecule has 0 saturated heterocycles. The molecule has 28 heavy (non-hydrogen) atoms. The largest absolute Gasteiger partial charge is 0.321 e. The lowest BCUT2D eigenvalue weighted by molar-refractivity contribution is 0.102. The Labute approximate surface area is 169 Å². The van der Waals surface area contributed by atoms with Gasteiger partial charge in [0.25, 0.3) is 5.91 Å². The van der Waals surface area contributed by atoms with Crippen LogP contribution in [0.25, 0.3) is 0 Å². The van der Waals surface area contributed by atoms with Crippen LogP contribution in [0.15, 0.2) is 82.6 Å². The van der Waals surface area contributed by atoms with Crippen molar-refractivity contribution in [3.63, 3.8) is 0 Å². The molecule has 144 valence electrons. The minimum Gasteiger partial charge on any atom is -0.321 e. The molecule has 7 heteroatoms. The van der Waals surface area contributed by atoms with Crippen molar-refractivity contribution in [2.24, 2.45) is 0 Å². The van der Waals surface area contributed by atoms with E-state index in [9.17, 15) is 13.2 Å². The van der Waals surface area contributed by atoms with Gasteiger partial charge in [0.15, 0.2) is 0 Å². The maximum atomic E-state index is 12.7. The molecule has 0 aliphatic heterocycles. The highest BCUT2D eigenvalue weighted by Crippen LogP contribution is 2.33. The third-order valence-electron chi connectivity index (χ3n) is 3.89. The molecular weight excluding hydrogens is 392 g/mol. The maximum absolute atomic E-state index is 12.7. The lowest BCUT2D eigenvalue weighted by Crippen LogP contribution is -2.14. The Hall–Kier alpha value is -2.77. The molecule has 0 spiro atoms. The summed E-state index contributed by atoms with van der Waals surface area (Å²) in [6.45, 7) is 1.75. The van der Waals surface area contributed by atoms with Crippen LogP contribution >= 0.6 is 11.8 Å². The molecule has 5 nitrogen and oxygen atoms in total. The van der Waals surface area contributed by atoms with E-state index in [4.69, 9.17) is 0 Å². The van der Waals surface area contributed by atoms with Gasteiger partial charge >= 0.3 is 0 Å². The monoisotopic (exact) mass is 412 g/mol. The van der Waals surface area contributed by atoms with Gasteiger partial charge in [-0.2, -0.15) is 0 Å². The first-order chi connectivity index (χ1) is 13.3. The third-order valence-corrected chi connectivity index (χ3v) is 5.56. The van der Waals surface area contributed by atoms with E-state index in [2.05, 4.69) is 10.0 Å². The number of nitrogens with one attached hydrogen (secondary N) is 2. The Bertz CT molecular complexity index is 1100. The Balaban J connectivity index is 1.79. The van der Waals surface area contributed by atoms with Gasteiger partial charge in [0.1, 0.15) is 0 Å². The molecule has 0 aromatic heterocycles. The molecule has 0 fully saturated rings. The Kier molecular flexibility index (Phi) is 6.06. The van der Waals surface area contributed by atoms with Crippen LogP contribution in [0.4, 0.5) is 11.4 Å². The van der Waals surface area contributed by atoms with E-state index in [0.717, 1.165) is 21.7 Å². The van der Waals surface area contributed by atoms with E-state index >= 15 is 0 Å². The summed E-state index contributed by atoms with van der Waals surface area (Å²) in [5.41, 5.74) is 2.30. The van der Waals surface area contributed by atoms with Gasteiger partial charge in [-0.05, 0) is 55.0 Å².